The van der Waals surface area contributed by atoms with Crippen LogP contribution in [0.3, 0.4) is 0 Å². The van der Waals surface area contributed by atoms with E-state index in [1.807, 2.05) is 24.3 Å². The maximum atomic E-state index is 13.4. The summed E-state index contributed by atoms with van der Waals surface area (Å²) in [5, 5.41) is 3.99. The van der Waals surface area contributed by atoms with Gasteiger partial charge < -0.3 is 5.32 Å². The fourth-order valence-electron chi connectivity index (χ4n) is 2.95. The van der Waals surface area contributed by atoms with Crippen molar-refractivity contribution in [3.8, 4) is 0 Å². The van der Waals surface area contributed by atoms with E-state index < -0.39 is 11.4 Å². The second-order valence-electron chi connectivity index (χ2n) is 6.37. The van der Waals surface area contributed by atoms with Gasteiger partial charge in [-0.15, -0.1) is 11.3 Å². The van der Waals surface area contributed by atoms with Crippen LogP contribution in [0, 0.1) is 5.82 Å². The first-order valence-corrected chi connectivity index (χ1v) is 9.68. The summed E-state index contributed by atoms with van der Waals surface area (Å²) in [6.07, 6.45) is 2.83. The van der Waals surface area contributed by atoms with Gasteiger partial charge in [0.15, 0.2) is 0 Å². The number of carbonyl (C=O) groups excluding carboxylic acids is 1. The molecule has 4 aromatic rings. The lowest BCUT2D eigenvalue weighted by atomic mass is 10.2. The van der Waals surface area contributed by atoms with E-state index in [1.165, 1.54) is 23.0 Å². The van der Waals surface area contributed by atoms with E-state index in [0.717, 1.165) is 34.1 Å². The van der Waals surface area contributed by atoms with Crippen molar-refractivity contribution in [1.29, 1.82) is 0 Å². The lowest BCUT2D eigenvalue weighted by molar-refractivity contribution is -0.121. The number of amides is 1. The number of nitrogens with one attached hydrogen (secondary N) is 1. The normalized spacial score (nSPS) is 11.2. The maximum absolute atomic E-state index is 13.4. The molecule has 0 unspecified atom stereocenters. The molecule has 1 N–H and O–H groups in total. The minimum atomic E-state index is -0.511. The van der Waals surface area contributed by atoms with Crippen molar-refractivity contribution in [2.24, 2.45) is 0 Å². The molecule has 28 heavy (non-hydrogen) atoms. The predicted molar refractivity (Wildman–Crippen MR) is 107 cm³/mol. The van der Waals surface area contributed by atoms with Crippen molar-refractivity contribution in [2.45, 2.75) is 19.4 Å². The molecule has 2 heterocycles. The highest BCUT2D eigenvalue weighted by Gasteiger charge is 2.09. The van der Waals surface area contributed by atoms with Crippen LogP contribution in [0.1, 0.15) is 11.4 Å². The minimum absolute atomic E-state index is 0.153. The molecule has 0 fully saturated rings. The molecule has 2 aromatic carbocycles. The van der Waals surface area contributed by atoms with E-state index in [1.54, 1.807) is 11.3 Å². The van der Waals surface area contributed by atoms with Crippen molar-refractivity contribution in [1.82, 2.24) is 19.9 Å². The lowest BCUT2D eigenvalue weighted by Gasteiger charge is -2.07. The zero-order valence-electron chi connectivity index (χ0n) is 14.9. The first-order valence-electron chi connectivity index (χ1n) is 8.86. The van der Waals surface area contributed by atoms with Gasteiger partial charge in [-0.05, 0) is 36.8 Å². The molecular weight excluding hydrogens is 379 g/mol. The molecule has 0 radical (unpaired) electrons. The Morgan fingerprint density at radius 3 is 2.89 bits per heavy atom. The molecule has 0 bridgehead atoms. The summed E-state index contributed by atoms with van der Waals surface area (Å²) in [5.74, 6) is -0.799. The molecule has 142 valence electrons. The Bertz CT molecular complexity index is 1180. The number of fused-ring (bicyclic) bond motifs is 2. The second-order valence-corrected chi connectivity index (χ2v) is 7.48. The average Bonchev–Trinajstić information content (AvgIpc) is 3.11. The molecule has 0 aliphatic heterocycles. The van der Waals surface area contributed by atoms with Crippen LogP contribution in [0.4, 0.5) is 4.39 Å². The van der Waals surface area contributed by atoms with Gasteiger partial charge in [0.05, 0.1) is 32.5 Å². The summed E-state index contributed by atoms with van der Waals surface area (Å²) >= 11 is 1.65. The number of aryl methyl sites for hydroxylation is 1. The number of hydrogen-bond donors (Lipinski definition) is 1. The lowest BCUT2D eigenvalue weighted by Crippen LogP contribution is -2.33. The number of carbonyl (C=O) groups is 1. The third kappa shape index (κ3) is 3.91. The quantitative estimate of drug-likeness (QED) is 0.509. The molecule has 0 aliphatic carbocycles. The van der Waals surface area contributed by atoms with Crippen LogP contribution < -0.4 is 10.9 Å². The summed E-state index contributed by atoms with van der Waals surface area (Å²) in [5.41, 5.74) is 0.958. The van der Waals surface area contributed by atoms with Crippen molar-refractivity contribution in [3.05, 3.63) is 70.0 Å². The standard InChI is InChI=1S/C20H17FN4O2S/c21-13-7-8-15-14(10-13)20(27)25(12-23-15)11-18(26)22-9-3-6-19-24-16-4-1-2-5-17(16)28-19/h1-2,4-5,7-8,10,12H,3,6,9,11H2,(H,22,26). The van der Waals surface area contributed by atoms with Crippen LogP contribution in [0.15, 0.2) is 53.6 Å². The zero-order chi connectivity index (χ0) is 19.5. The van der Waals surface area contributed by atoms with Gasteiger partial charge in [0.25, 0.3) is 5.56 Å². The molecule has 8 heteroatoms. The topological polar surface area (TPSA) is 76.9 Å². The van der Waals surface area contributed by atoms with Crippen LogP contribution in [0.5, 0.6) is 0 Å². The number of hydrogen-bond acceptors (Lipinski definition) is 5. The summed E-state index contributed by atoms with van der Waals surface area (Å²) in [4.78, 5) is 33.2. The Kier molecular flexibility index (Phi) is 5.12. The highest BCUT2D eigenvalue weighted by molar-refractivity contribution is 7.18. The highest BCUT2D eigenvalue weighted by atomic mass is 32.1. The summed E-state index contributed by atoms with van der Waals surface area (Å²) in [6.45, 7) is 0.332. The molecule has 0 saturated heterocycles. The number of aromatic nitrogens is 3. The fraction of sp³-hybridized carbons (Fsp3) is 0.200. The predicted octanol–water partition coefficient (Wildman–Crippen LogP) is 2.89. The van der Waals surface area contributed by atoms with Crippen LogP contribution in [-0.4, -0.2) is 27.0 Å². The second kappa shape index (κ2) is 7.85. The average molecular weight is 396 g/mol. The number of benzene rings is 2. The van der Waals surface area contributed by atoms with Crippen molar-refractivity contribution >= 4 is 38.4 Å². The zero-order valence-corrected chi connectivity index (χ0v) is 15.7. The Labute approximate surface area is 163 Å². The van der Waals surface area contributed by atoms with Gasteiger partial charge in [-0.25, -0.2) is 14.4 Å². The van der Waals surface area contributed by atoms with Gasteiger partial charge in [0.2, 0.25) is 5.91 Å². The van der Waals surface area contributed by atoms with E-state index in [2.05, 4.69) is 15.3 Å². The largest absolute Gasteiger partial charge is 0.355 e. The van der Waals surface area contributed by atoms with Crippen LogP contribution >= 0.6 is 11.3 Å². The van der Waals surface area contributed by atoms with E-state index in [4.69, 9.17) is 0 Å². The summed E-state index contributed by atoms with van der Waals surface area (Å²) in [6, 6.07) is 11.8. The molecule has 0 aliphatic rings. The van der Waals surface area contributed by atoms with Gasteiger partial charge >= 0.3 is 0 Å². The van der Waals surface area contributed by atoms with Gasteiger partial charge in [-0.1, -0.05) is 12.1 Å². The van der Waals surface area contributed by atoms with Crippen LogP contribution in [-0.2, 0) is 17.8 Å². The van der Waals surface area contributed by atoms with Gasteiger partial charge in [-0.3, -0.25) is 14.2 Å². The van der Waals surface area contributed by atoms with Crippen molar-refractivity contribution in [2.75, 3.05) is 6.54 Å². The molecule has 2 aromatic heterocycles. The highest BCUT2D eigenvalue weighted by Crippen LogP contribution is 2.22. The summed E-state index contributed by atoms with van der Waals surface area (Å²) in [7, 11) is 0. The van der Waals surface area contributed by atoms with E-state index in [0.29, 0.717) is 12.1 Å². The minimum Gasteiger partial charge on any atom is -0.355 e. The number of halogens is 1. The molecule has 0 saturated carbocycles. The molecule has 6 nitrogen and oxygen atoms in total. The number of thiazole rings is 1. The Morgan fingerprint density at radius 2 is 2.04 bits per heavy atom. The Morgan fingerprint density at radius 1 is 1.18 bits per heavy atom. The van der Waals surface area contributed by atoms with Crippen LogP contribution in [0.2, 0.25) is 0 Å². The number of para-hydroxylation sites is 1. The number of nitrogens with zero attached hydrogens (tertiary/aromatic N) is 3. The third-order valence-corrected chi connectivity index (χ3v) is 5.42. The van der Waals surface area contributed by atoms with Crippen LogP contribution in [0.25, 0.3) is 21.1 Å². The molecule has 0 atom stereocenters. The summed E-state index contributed by atoms with van der Waals surface area (Å²) < 4.78 is 15.7. The van der Waals surface area contributed by atoms with Crippen molar-refractivity contribution in [3.63, 3.8) is 0 Å². The Balaban J connectivity index is 1.32. The fourth-order valence-corrected chi connectivity index (χ4v) is 3.96. The van der Waals surface area contributed by atoms with E-state index in [9.17, 15) is 14.0 Å². The number of rotatable bonds is 6. The van der Waals surface area contributed by atoms with Crippen molar-refractivity contribution < 1.29 is 9.18 Å². The van der Waals surface area contributed by atoms with Gasteiger partial charge in [-0.2, -0.15) is 0 Å². The monoisotopic (exact) mass is 396 g/mol. The van der Waals surface area contributed by atoms with Gasteiger partial charge in [0.1, 0.15) is 12.4 Å². The van der Waals surface area contributed by atoms with E-state index in [-0.39, 0.29) is 17.8 Å². The molecular formula is C20H17FN4O2S. The van der Waals surface area contributed by atoms with E-state index >= 15 is 0 Å². The smallest absolute Gasteiger partial charge is 0.261 e. The maximum Gasteiger partial charge on any atom is 0.261 e. The molecule has 0 spiro atoms. The first-order chi connectivity index (χ1) is 13.6. The SMILES string of the molecule is O=C(Cn1cnc2ccc(F)cc2c1=O)NCCCc1nc2ccccc2s1. The molecule has 4 rings (SSSR count). The van der Waals surface area contributed by atoms with Gasteiger partial charge in [0, 0.05) is 13.0 Å². The Hall–Kier alpha value is -3.13. The third-order valence-electron chi connectivity index (χ3n) is 4.33. The first kappa shape index (κ1) is 18.2. The molecule has 1 amide bonds.